The molecule has 0 radical (unpaired) electrons. The zero-order chi connectivity index (χ0) is 28.3. The molecule has 1 heterocycles. The number of likely N-dealkylation sites (tertiary alicyclic amines) is 1. The lowest BCUT2D eigenvalue weighted by atomic mass is 10.1. The molecule has 0 saturated carbocycles. The van der Waals surface area contributed by atoms with Crippen LogP contribution in [0.25, 0.3) is 0 Å². The molecule has 0 spiro atoms. The quantitative estimate of drug-likeness (QED) is 0.245. The van der Waals surface area contributed by atoms with E-state index in [2.05, 4.69) is 17.2 Å². The Morgan fingerprint density at radius 3 is 2.66 bits per heavy atom. The Balaban J connectivity index is 2.06. The summed E-state index contributed by atoms with van der Waals surface area (Å²) in [5, 5.41) is 14.7. The number of carbonyl (C=O) groups excluding carboxylic acids is 3. The number of aliphatic carboxylic acids is 1. The Morgan fingerprint density at radius 1 is 1.29 bits per heavy atom. The van der Waals surface area contributed by atoms with Gasteiger partial charge in [-0.1, -0.05) is 18.7 Å². The standard InChI is InChI=1S/C26H37N3O7S2/c1-6-11-35-24(33)29-16-20(38-25(34)36-26(2,3)4)14-19(29)15-27-18-9-7-8-17(13-18)22(30)28-21(23(31)32)10-12-37-5/h6-9,13,19-21,27H,1,10-12,14-16H2,2-5H3,(H,28,30)(H,31,32)/t19-,20-,21-/m0/s1. The summed E-state index contributed by atoms with van der Waals surface area (Å²) in [4.78, 5) is 50.7. The maximum atomic E-state index is 12.7. The van der Waals surface area contributed by atoms with E-state index in [0.717, 1.165) is 11.8 Å². The minimum absolute atomic E-state index is 0.0742. The SMILES string of the molecule is C=CCOC(=O)N1C[C@@H](SC(=O)OC(C)(C)C)C[C@H]1CNc1cccc(C(=O)N[C@@H](CCSC)C(=O)O)c1. The third kappa shape index (κ3) is 10.5. The van der Waals surface area contributed by atoms with Crippen LogP contribution in [0.5, 0.6) is 0 Å². The molecular formula is C26H37N3O7S2. The lowest BCUT2D eigenvalue weighted by molar-refractivity contribution is -0.139. The van der Waals surface area contributed by atoms with Gasteiger partial charge in [-0.3, -0.25) is 4.79 Å². The lowest BCUT2D eigenvalue weighted by Gasteiger charge is -2.24. The number of carboxylic acid groups (broad SMARTS) is 1. The Bertz CT molecular complexity index is 999. The smallest absolute Gasteiger partial charge is 0.410 e. The van der Waals surface area contributed by atoms with Crippen LogP contribution in [0, 0.1) is 0 Å². The molecule has 3 N–H and O–H groups in total. The maximum Gasteiger partial charge on any atom is 0.410 e. The third-order valence-corrected chi connectivity index (χ3v) is 7.06. The molecular weight excluding hydrogens is 530 g/mol. The van der Waals surface area contributed by atoms with Gasteiger partial charge in [0.1, 0.15) is 18.2 Å². The van der Waals surface area contributed by atoms with E-state index in [0.29, 0.717) is 42.9 Å². The largest absolute Gasteiger partial charge is 0.480 e. The van der Waals surface area contributed by atoms with Crippen LogP contribution in [0.15, 0.2) is 36.9 Å². The first-order chi connectivity index (χ1) is 17.9. The highest BCUT2D eigenvalue weighted by molar-refractivity contribution is 8.13. The highest BCUT2D eigenvalue weighted by Gasteiger charge is 2.38. The number of thioether (sulfide) groups is 2. The predicted octanol–water partition coefficient (Wildman–Crippen LogP) is 4.47. The van der Waals surface area contributed by atoms with Gasteiger partial charge in [-0.25, -0.2) is 14.4 Å². The molecule has 0 aromatic heterocycles. The minimum Gasteiger partial charge on any atom is -0.480 e. The van der Waals surface area contributed by atoms with Crippen LogP contribution in [0.2, 0.25) is 0 Å². The fourth-order valence-electron chi connectivity index (χ4n) is 3.74. The molecule has 1 aliphatic heterocycles. The molecule has 12 heteroatoms. The van der Waals surface area contributed by atoms with E-state index in [1.807, 2.05) is 6.26 Å². The molecule has 2 amide bonds. The zero-order valence-electron chi connectivity index (χ0n) is 22.2. The molecule has 1 aliphatic rings. The van der Waals surface area contributed by atoms with E-state index in [1.54, 1.807) is 49.9 Å². The van der Waals surface area contributed by atoms with Crippen LogP contribution in [0.3, 0.4) is 0 Å². The van der Waals surface area contributed by atoms with E-state index in [-0.39, 0.29) is 17.9 Å². The highest BCUT2D eigenvalue weighted by atomic mass is 32.2. The van der Waals surface area contributed by atoms with Crippen LogP contribution < -0.4 is 10.6 Å². The molecule has 2 rings (SSSR count). The molecule has 210 valence electrons. The first kappa shape index (κ1) is 31.4. The van der Waals surface area contributed by atoms with Crippen molar-refractivity contribution in [2.75, 3.05) is 37.0 Å². The van der Waals surface area contributed by atoms with Crippen molar-refractivity contribution < 1.29 is 33.8 Å². The fourth-order valence-corrected chi connectivity index (χ4v) is 5.34. The molecule has 10 nitrogen and oxygen atoms in total. The third-order valence-electron chi connectivity index (χ3n) is 5.47. The summed E-state index contributed by atoms with van der Waals surface area (Å²) in [5.74, 6) is -0.948. The molecule has 0 aliphatic carbocycles. The second kappa shape index (κ2) is 14.9. The van der Waals surface area contributed by atoms with Crippen molar-refractivity contribution >= 4 is 52.5 Å². The number of carboxylic acids is 1. The predicted molar refractivity (Wildman–Crippen MR) is 151 cm³/mol. The average molecular weight is 568 g/mol. The number of benzene rings is 1. The summed E-state index contributed by atoms with van der Waals surface area (Å²) in [7, 11) is 0. The molecule has 1 aromatic rings. The van der Waals surface area contributed by atoms with E-state index in [4.69, 9.17) is 9.47 Å². The number of nitrogens with zero attached hydrogens (tertiary/aromatic N) is 1. The van der Waals surface area contributed by atoms with Crippen molar-refractivity contribution in [3.05, 3.63) is 42.5 Å². The van der Waals surface area contributed by atoms with Crippen molar-refractivity contribution in [2.24, 2.45) is 0 Å². The van der Waals surface area contributed by atoms with Gasteiger partial charge in [0.15, 0.2) is 0 Å². The van der Waals surface area contributed by atoms with Gasteiger partial charge in [0.25, 0.3) is 5.91 Å². The average Bonchev–Trinajstić information content (AvgIpc) is 3.24. The zero-order valence-corrected chi connectivity index (χ0v) is 23.9. The summed E-state index contributed by atoms with van der Waals surface area (Å²) in [6, 6.07) is 5.47. The molecule has 1 saturated heterocycles. The fraction of sp³-hybridized carbons (Fsp3) is 0.538. The van der Waals surface area contributed by atoms with Crippen molar-refractivity contribution in [1.82, 2.24) is 10.2 Å². The van der Waals surface area contributed by atoms with E-state index in [1.165, 1.54) is 17.8 Å². The summed E-state index contributed by atoms with van der Waals surface area (Å²) >= 11 is 2.57. The van der Waals surface area contributed by atoms with Gasteiger partial charge in [-0.2, -0.15) is 11.8 Å². The first-order valence-corrected chi connectivity index (χ1v) is 14.5. The van der Waals surface area contributed by atoms with Gasteiger partial charge in [0, 0.05) is 29.6 Å². The summed E-state index contributed by atoms with van der Waals surface area (Å²) < 4.78 is 10.6. The number of hydrogen-bond donors (Lipinski definition) is 3. The second-order valence-electron chi connectivity index (χ2n) is 9.72. The molecule has 1 fully saturated rings. The Kier molecular flexibility index (Phi) is 12.3. The molecule has 1 aromatic carbocycles. The Labute approximate surface area is 232 Å². The highest BCUT2D eigenvalue weighted by Crippen LogP contribution is 2.31. The number of hydrogen-bond acceptors (Lipinski definition) is 9. The number of nitrogens with one attached hydrogen (secondary N) is 2. The van der Waals surface area contributed by atoms with Crippen LogP contribution in [0.4, 0.5) is 15.3 Å². The summed E-state index contributed by atoms with van der Waals surface area (Å²) in [6.45, 7) is 9.71. The lowest BCUT2D eigenvalue weighted by Crippen LogP contribution is -2.41. The molecule has 0 unspecified atom stereocenters. The van der Waals surface area contributed by atoms with E-state index >= 15 is 0 Å². The number of rotatable bonds is 12. The minimum atomic E-state index is -1.08. The summed E-state index contributed by atoms with van der Waals surface area (Å²) in [5.41, 5.74) is 0.344. The van der Waals surface area contributed by atoms with E-state index in [9.17, 15) is 24.3 Å². The molecule has 38 heavy (non-hydrogen) atoms. The molecule has 0 bridgehead atoms. The van der Waals surface area contributed by atoms with Crippen molar-refractivity contribution in [1.29, 1.82) is 0 Å². The summed E-state index contributed by atoms with van der Waals surface area (Å²) in [6.07, 6.45) is 3.72. The first-order valence-electron chi connectivity index (χ1n) is 12.2. The number of amides is 2. The van der Waals surface area contributed by atoms with Crippen LogP contribution in [-0.2, 0) is 14.3 Å². The van der Waals surface area contributed by atoms with Gasteiger partial charge in [0.05, 0.1) is 6.04 Å². The van der Waals surface area contributed by atoms with E-state index < -0.39 is 34.9 Å². The van der Waals surface area contributed by atoms with Crippen molar-refractivity contribution in [2.45, 2.75) is 56.5 Å². The Hall–Kier alpha value is -2.86. The number of anilines is 1. The number of ether oxygens (including phenoxy) is 2. The maximum absolute atomic E-state index is 12.7. The van der Waals surface area contributed by atoms with Gasteiger partial charge in [0.2, 0.25) is 0 Å². The Morgan fingerprint density at radius 2 is 2.03 bits per heavy atom. The van der Waals surface area contributed by atoms with Crippen LogP contribution in [0.1, 0.15) is 44.0 Å². The molecule has 3 atom stereocenters. The van der Waals surface area contributed by atoms with Gasteiger partial charge < -0.3 is 30.1 Å². The van der Waals surface area contributed by atoms with Crippen LogP contribution >= 0.6 is 23.5 Å². The monoisotopic (exact) mass is 567 g/mol. The normalized spacial score (nSPS) is 17.8. The van der Waals surface area contributed by atoms with Gasteiger partial charge >= 0.3 is 17.4 Å². The van der Waals surface area contributed by atoms with Gasteiger partial charge in [-0.15, -0.1) is 0 Å². The number of carbonyl (C=O) groups is 4. The van der Waals surface area contributed by atoms with Gasteiger partial charge in [-0.05, 0) is 75.6 Å². The second-order valence-corrected chi connectivity index (χ2v) is 11.9. The van der Waals surface area contributed by atoms with Crippen molar-refractivity contribution in [3.63, 3.8) is 0 Å². The topological polar surface area (TPSA) is 134 Å². The van der Waals surface area contributed by atoms with Crippen molar-refractivity contribution in [3.8, 4) is 0 Å². The van der Waals surface area contributed by atoms with Crippen LogP contribution in [-0.4, -0.2) is 87.9 Å².